The molecule has 0 saturated heterocycles. The molecule has 2 N–H and O–H groups in total. The Labute approximate surface area is 199 Å². The fourth-order valence-electron chi connectivity index (χ4n) is 3.64. The van der Waals surface area contributed by atoms with Gasteiger partial charge in [0.2, 0.25) is 5.91 Å². The Bertz CT molecular complexity index is 1370. The van der Waals surface area contributed by atoms with Crippen LogP contribution in [-0.4, -0.2) is 29.4 Å². The Kier molecular flexibility index (Phi) is 6.05. The lowest BCUT2D eigenvalue weighted by molar-refractivity contribution is -0.119. The molecule has 0 atom stereocenters. The van der Waals surface area contributed by atoms with Gasteiger partial charge < -0.3 is 15.4 Å². The van der Waals surface area contributed by atoms with Crippen molar-refractivity contribution >= 4 is 50.7 Å². The number of hydrogen-bond acceptors (Lipinski definition) is 6. The van der Waals surface area contributed by atoms with Gasteiger partial charge >= 0.3 is 5.97 Å². The third-order valence-electron chi connectivity index (χ3n) is 5.52. The molecule has 1 fully saturated rings. The second-order valence-electron chi connectivity index (χ2n) is 7.98. The molecule has 0 aliphatic heterocycles. The van der Waals surface area contributed by atoms with Crippen molar-refractivity contribution in [3.05, 3.63) is 77.8 Å². The summed E-state index contributed by atoms with van der Waals surface area (Å²) in [6.45, 7) is -0.463. The molecule has 1 aliphatic rings. The van der Waals surface area contributed by atoms with Gasteiger partial charge in [0.05, 0.1) is 11.2 Å². The van der Waals surface area contributed by atoms with Gasteiger partial charge in [-0.2, -0.15) is 0 Å². The Morgan fingerprint density at radius 2 is 1.79 bits per heavy atom. The summed E-state index contributed by atoms with van der Waals surface area (Å²) in [5, 5.41) is 8.68. The first kappa shape index (κ1) is 21.8. The number of amides is 2. The van der Waals surface area contributed by atoms with Crippen molar-refractivity contribution in [2.24, 2.45) is 5.92 Å². The fourth-order valence-corrected chi connectivity index (χ4v) is 4.60. The monoisotopic (exact) mass is 471 g/mol. The molecule has 2 aromatic carbocycles. The van der Waals surface area contributed by atoms with Crippen LogP contribution in [0, 0.1) is 5.92 Å². The number of pyridine rings is 1. The average Bonchev–Trinajstić information content (AvgIpc) is 3.64. The third kappa shape index (κ3) is 4.67. The summed E-state index contributed by atoms with van der Waals surface area (Å²) >= 11 is 1.27. The summed E-state index contributed by atoms with van der Waals surface area (Å²) in [5.74, 6) is -1.24. The molecule has 0 bridgehead atoms. The number of aromatic nitrogens is 1. The van der Waals surface area contributed by atoms with Gasteiger partial charge in [-0.05, 0) is 42.7 Å². The Balaban J connectivity index is 1.33. The van der Waals surface area contributed by atoms with E-state index in [-0.39, 0.29) is 17.4 Å². The van der Waals surface area contributed by atoms with Crippen LogP contribution in [0.4, 0.5) is 10.7 Å². The second kappa shape index (κ2) is 9.44. The lowest BCUT2D eigenvalue weighted by atomic mass is 10.0. The molecule has 4 aromatic rings. The molecule has 8 heteroatoms. The van der Waals surface area contributed by atoms with Crippen molar-refractivity contribution in [1.82, 2.24) is 4.98 Å². The maximum Gasteiger partial charge on any atom is 0.342 e. The largest absolute Gasteiger partial charge is 0.452 e. The van der Waals surface area contributed by atoms with Crippen LogP contribution in [-0.2, 0) is 14.3 Å². The van der Waals surface area contributed by atoms with E-state index < -0.39 is 18.5 Å². The van der Waals surface area contributed by atoms with E-state index in [4.69, 9.17) is 4.74 Å². The topological polar surface area (TPSA) is 97.4 Å². The first-order valence-electron chi connectivity index (χ1n) is 10.9. The highest BCUT2D eigenvalue weighted by Crippen LogP contribution is 2.38. The molecule has 170 valence electrons. The number of hydrogen-bond donors (Lipinski definition) is 2. The van der Waals surface area contributed by atoms with Crippen molar-refractivity contribution in [1.29, 1.82) is 0 Å². The van der Waals surface area contributed by atoms with Crippen molar-refractivity contribution < 1.29 is 19.1 Å². The Morgan fingerprint density at radius 1 is 0.971 bits per heavy atom. The molecule has 2 heterocycles. The number of anilines is 2. The van der Waals surface area contributed by atoms with E-state index in [2.05, 4.69) is 15.6 Å². The molecular weight excluding hydrogens is 450 g/mol. The first-order chi connectivity index (χ1) is 16.6. The van der Waals surface area contributed by atoms with Gasteiger partial charge in [-0.15, -0.1) is 11.3 Å². The summed E-state index contributed by atoms with van der Waals surface area (Å²) < 4.78 is 5.38. The molecule has 0 radical (unpaired) electrons. The predicted octanol–water partition coefficient (Wildman–Crippen LogP) is 5.11. The zero-order chi connectivity index (χ0) is 23.5. The quantitative estimate of drug-likeness (QED) is 0.365. The summed E-state index contributed by atoms with van der Waals surface area (Å²) in [5.41, 5.74) is 3.07. The SMILES string of the molecule is O=C(COC(=O)c1c(-c2ccccc2)csc1NC(=O)C1CC1)Nc1cccc2ncccc12. The van der Waals surface area contributed by atoms with E-state index in [1.165, 1.54) is 11.3 Å². The minimum absolute atomic E-state index is 0.00731. The highest BCUT2D eigenvalue weighted by Gasteiger charge is 2.32. The zero-order valence-corrected chi connectivity index (χ0v) is 18.9. The van der Waals surface area contributed by atoms with Gasteiger partial charge in [-0.25, -0.2) is 4.79 Å². The van der Waals surface area contributed by atoms with Crippen LogP contribution in [0.3, 0.4) is 0 Å². The molecule has 2 amide bonds. The second-order valence-corrected chi connectivity index (χ2v) is 8.86. The number of thiophene rings is 1. The van der Waals surface area contributed by atoms with Crippen LogP contribution in [0.2, 0.25) is 0 Å². The van der Waals surface area contributed by atoms with E-state index in [0.717, 1.165) is 29.3 Å². The standard InChI is InChI=1S/C26H21N3O4S/c30-22(28-21-10-4-9-20-18(21)8-5-13-27-20)14-33-26(32)23-19(16-6-2-1-3-7-16)15-34-25(23)29-24(31)17-11-12-17/h1-10,13,15,17H,11-12,14H2,(H,28,30)(H,29,31). The fraction of sp³-hybridized carbons (Fsp3) is 0.154. The Morgan fingerprint density at radius 3 is 2.59 bits per heavy atom. The van der Waals surface area contributed by atoms with Gasteiger partial charge in [-0.3, -0.25) is 14.6 Å². The third-order valence-corrected chi connectivity index (χ3v) is 6.41. The van der Waals surface area contributed by atoms with Gasteiger partial charge in [0.25, 0.3) is 5.91 Å². The van der Waals surface area contributed by atoms with Crippen LogP contribution in [0.15, 0.2) is 72.2 Å². The van der Waals surface area contributed by atoms with E-state index >= 15 is 0 Å². The number of fused-ring (bicyclic) bond motifs is 1. The van der Waals surface area contributed by atoms with Crippen LogP contribution >= 0.6 is 11.3 Å². The van der Waals surface area contributed by atoms with E-state index in [0.29, 0.717) is 16.3 Å². The van der Waals surface area contributed by atoms with Gasteiger partial charge in [0.1, 0.15) is 10.6 Å². The molecule has 1 saturated carbocycles. The number of benzene rings is 2. The van der Waals surface area contributed by atoms with Crippen LogP contribution in [0.1, 0.15) is 23.2 Å². The summed E-state index contributed by atoms with van der Waals surface area (Å²) in [4.78, 5) is 42.3. The molecule has 0 spiro atoms. The minimum Gasteiger partial charge on any atom is -0.452 e. The van der Waals surface area contributed by atoms with E-state index in [1.54, 1.807) is 24.4 Å². The van der Waals surface area contributed by atoms with Gasteiger partial charge in [-0.1, -0.05) is 36.4 Å². The number of carbonyl (C=O) groups is 3. The van der Waals surface area contributed by atoms with Crippen LogP contribution in [0.25, 0.3) is 22.0 Å². The van der Waals surface area contributed by atoms with Crippen LogP contribution in [0.5, 0.6) is 0 Å². The van der Waals surface area contributed by atoms with Crippen molar-refractivity contribution in [2.45, 2.75) is 12.8 Å². The minimum atomic E-state index is -0.666. The van der Waals surface area contributed by atoms with Crippen molar-refractivity contribution in [3.8, 4) is 11.1 Å². The summed E-state index contributed by atoms with van der Waals surface area (Å²) in [6, 6.07) is 18.5. The molecule has 0 unspecified atom stereocenters. The summed E-state index contributed by atoms with van der Waals surface area (Å²) in [7, 11) is 0. The first-order valence-corrected chi connectivity index (χ1v) is 11.8. The van der Waals surface area contributed by atoms with Crippen molar-refractivity contribution in [3.63, 3.8) is 0 Å². The number of rotatable bonds is 7. The molecule has 5 rings (SSSR count). The highest BCUT2D eigenvalue weighted by atomic mass is 32.1. The van der Waals surface area contributed by atoms with Gasteiger partial charge in [0.15, 0.2) is 6.61 Å². The molecule has 1 aliphatic carbocycles. The molecule has 34 heavy (non-hydrogen) atoms. The number of ether oxygens (including phenoxy) is 1. The van der Waals surface area contributed by atoms with E-state index in [9.17, 15) is 14.4 Å². The average molecular weight is 472 g/mol. The smallest absolute Gasteiger partial charge is 0.342 e. The maximum atomic E-state index is 13.1. The number of nitrogens with one attached hydrogen (secondary N) is 2. The molecule has 7 nitrogen and oxygen atoms in total. The number of esters is 1. The van der Waals surface area contributed by atoms with E-state index in [1.807, 2.05) is 47.8 Å². The maximum absolute atomic E-state index is 13.1. The zero-order valence-electron chi connectivity index (χ0n) is 18.1. The lowest BCUT2D eigenvalue weighted by Gasteiger charge is -2.11. The normalized spacial score (nSPS) is 12.8. The number of nitrogens with zero attached hydrogens (tertiary/aromatic N) is 1. The number of carbonyl (C=O) groups excluding carboxylic acids is 3. The summed E-state index contributed by atoms with van der Waals surface area (Å²) in [6.07, 6.45) is 3.39. The highest BCUT2D eigenvalue weighted by molar-refractivity contribution is 7.15. The van der Waals surface area contributed by atoms with Crippen LogP contribution < -0.4 is 10.6 Å². The predicted molar refractivity (Wildman–Crippen MR) is 132 cm³/mol. The van der Waals surface area contributed by atoms with Crippen molar-refractivity contribution in [2.75, 3.05) is 17.2 Å². The van der Waals surface area contributed by atoms with Gasteiger partial charge in [0, 0.05) is 28.4 Å². The molecular formula is C26H21N3O4S. The lowest BCUT2D eigenvalue weighted by Crippen LogP contribution is -2.22. The Hall–Kier alpha value is -4.04. The molecule has 2 aromatic heterocycles.